The Morgan fingerprint density at radius 2 is 1.06 bits per heavy atom. The molecule has 1 aliphatic heterocycles. The Kier molecular flexibility index (Phi) is 27.3. The molecule has 22 heteroatoms. The lowest BCUT2D eigenvalue weighted by molar-refractivity contribution is -0.156. The molecule has 3 rings (SSSR count). The van der Waals surface area contributed by atoms with Crippen molar-refractivity contribution >= 4 is 53.2 Å². The van der Waals surface area contributed by atoms with Crippen LogP contribution in [0.15, 0.2) is 48.5 Å². The lowest BCUT2D eigenvalue weighted by Crippen LogP contribution is -2.60. The first-order chi connectivity index (χ1) is 39.3. The van der Waals surface area contributed by atoms with Crippen LogP contribution in [0.1, 0.15) is 174 Å². The predicted octanol–water partition coefficient (Wildman–Crippen LogP) is 4.99. The summed E-state index contributed by atoms with van der Waals surface area (Å²) >= 11 is 0. The summed E-state index contributed by atoms with van der Waals surface area (Å²) in [6.07, 6.45) is 0.181. The lowest BCUT2D eigenvalue weighted by atomic mass is 10.0. The van der Waals surface area contributed by atoms with Crippen molar-refractivity contribution in [2.45, 2.75) is 253 Å². The highest BCUT2D eigenvalue weighted by Gasteiger charge is 2.39. The summed E-state index contributed by atoms with van der Waals surface area (Å²) in [4.78, 5) is 128. The van der Waals surface area contributed by atoms with Crippen LogP contribution in [0.4, 0.5) is 0 Å². The van der Waals surface area contributed by atoms with Crippen molar-refractivity contribution in [1.82, 2.24) is 42.1 Å². The number of carbonyl (C=O) groups excluding carboxylic acids is 9. The number of hydrogen-bond donors (Lipinski definition) is 8. The molecule has 0 aliphatic carbocycles. The number of benzene rings is 2. The lowest BCUT2D eigenvalue weighted by Gasteiger charge is -2.31. The van der Waals surface area contributed by atoms with Gasteiger partial charge in [-0.3, -0.25) is 43.2 Å². The largest absolute Gasteiger partial charge is 0.488 e. The number of carbonyl (C=O) groups is 9. The standard InChI is InChI=1S/C63H101N9O13/c1-19-38(5)66-58(80)52(39(6)82-60(7,8)9)71-50(73)36-65-53(75)46(33-40-23-27-42(28-24-40)83-61(10,11)12)68-55(77)47(34-41-25-29-43(30-26-41)84-62(13,14)15)69-56(78)48(35-51(74)85-63(16,17)18)70-54(76)45(20-2)67-57(79)49-22-21-31-72(49)59(81)44(64)32-37(3)4/h23-30,37-39,44-49,52H,19-22,31-36,64H2,1-18H3,(H,65,75)(H,66,80)(H,67,79)(H,68,77)(H,69,78)(H,70,76)(H,71,73)/t38-,39-,44+,45+,46+,47+,48+,49+,52?/m1/s1. The number of esters is 1. The average Bonchev–Trinajstić information content (AvgIpc) is 3.24. The molecule has 1 saturated heterocycles. The first-order valence-corrected chi connectivity index (χ1v) is 29.9. The van der Waals surface area contributed by atoms with Gasteiger partial charge in [0.2, 0.25) is 47.3 Å². The molecule has 2 aromatic rings. The van der Waals surface area contributed by atoms with Crippen LogP contribution in [-0.2, 0) is 65.5 Å². The van der Waals surface area contributed by atoms with Crippen LogP contribution in [0.3, 0.4) is 0 Å². The van der Waals surface area contributed by atoms with Crippen molar-refractivity contribution in [2.75, 3.05) is 13.1 Å². The molecule has 1 fully saturated rings. The second-order valence-electron chi connectivity index (χ2n) is 26.5. The molecule has 0 radical (unpaired) electrons. The highest BCUT2D eigenvalue weighted by atomic mass is 16.6. The molecule has 8 amide bonds. The van der Waals surface area contributed by atoms with Crippen LogP contribution in [0.25, 0.3) is 0 Å². The molecular weight excluding hydrogens is 1090 g/mol. The molecule has 0 spiro atoms. The Labute approximate surface area is 504 Å². The van der Waals surface area contributed by atoms with Gasteiger partial charge in [0.1, 0.15) is 64.6 Å². The minimum Gasteiger partial charge on any atom is -0.488 e. The third-order valence-electron chi connectivity index (χ3n) is 13.2. The van der Waals surface area contributed by atoms with Gasteiger partial charge in [-0.15, -0.1) is 0 Å². The number of nitrogens with two attached hydrogens (primary N) is 1. The fourth-order valence-electron chi connectivity index (χ4n) is 9.28. The second-order valence-corrected chi connectivity index (χ2v) is 26.5. The Balaban J connectivity index is 2.07. The molecule has 476 valence electrons. The number of nitrogens with one attached hydrogen (secondary N) is 7. The second kappa shape index (κ2) is 32.1. The summed E-state index contributed by atoms with van der Waals surface area (Å²) in [6.45, 7) is 32.3. The molecule has 22 nitrogen and oxygen atoms in total. The first kappa shape index (κ1) is 72.4. The quantitative estimate of drug-likeness (QED) is 0.0498. The van der Waals surface area contributed by atoms with Crippen LogP contribution in [0.2, 0.25) is 0 Å². The van der Waals surface area contributed by atoms with Gasteiger partial charge < -0.3 is 66.8 Å². The Morgan fingerprint density at radius 1 is 0.576 bits per heavy atom. The highest BCUT2D eigenvalue weighted by molar-refractivity contribution is 5.98. The highest BCUT2D eigenvalue weighted by Crippen LogP contribution is 2.23. The van der Waals surface area contributed by atoms with E-state index in [-0.39, 0.29) is 37.1 Å². The zero-order valence-corrected chi connectivity index (χ0v) is 53.8. The van der Waals surface area contributed by atoms with Gasteiger partial charge in [0, 0.05) is 25.4 Å². The van der Waals surface area contributed by atoms with Crippen molar-refractivity contribution in [1.29, 1.82) is 0 Å². The molecule has 2 aromatic carbocycles. The van der Waals surface area contributed by atoms with E-state index in [0.717, 1.165) is 0 Å². The van der Waals surface area contributed by atoms with Crippen molar-refractivity contribution in [3.63, 3.8) is 0 Å². The third kappa shape index (κ3) is 26.6. The summed E-state index contributed by atoms with van der Waals surface area (Å²) in [5.74, 6) is -5.28. The van der Waals surface area contributed by atoms with E-state index in [0.29, 0.717) is 54.9 Å². The van der Waals surface area contributed by atoms with Crippen molar-refractivity contribution in [2.24, 2.45) is 11.7 Å². The van der Waals surface area contributed by atoms with Crippen LogP contribution in [0, 0.1) is 5.92 Å². The Hall–Kier alpha value is -6.81. The van der Waals surface area contributed by atoms with Crippen LogP contribution in [0.5, 0.6) is 11.5 Å². The minimum atomic E-state index is -1.68. The summed E-state index contributed by atoms with van der Waals surface area (Å²) in [6, 6.07) is 4.81. The van der Waals surface area contributed by atoms with E-state index in [1.54, 1.807) is 83.1 Å². The van der Waals surface area contributed by atoms with Crippen molar-refractivity contribution in [3.8, 4) is 11.5 Å². The van der Waals surface area contributed by atoms with E-state index in [4.69, 9.17) is 24.7 Å². The fraction of sp³-hybridized carbons (Fsp3) is 0.667. The monoisotopic (exact) mass is 1190 g/mol. The Bertz CT molecular complexity index is 2570. The molecule has 9 atom stereocenters. The van der Waals surface area contributed by atoms with E-state index in [1.807, 2.05) is 90.0 Å². The van der Waals surface area contributed by atoms with E-state index >= 15 is 0 Å². The molecule has 1 aliphatic rings. The number of ether oxygens (including phenoxy) is 4. The molecule has 0 saturated carbocycles. The number of nitrogens with zero attached hydrogens (tertiary/aromatic N) is 1. The molecule has 0 bridgehead atoms. The van der Waals surface area contributed by atoms with Crippen LogP contribution >= 0.6 is 0 Å². The van der Waals surface area contributed by atoms with Gasteiger partial charge in [-0.05, 0) is 170 Å². The molecule has 0 aromatic heterocycles. The zero-order chi connectivity index (χ0) is 64.4. The van der Waals surface area contributed by atoms with Crippen molar-refractivity contribution in [3.05, 3.63) is 59.7 Å². The summed E-state index contributed by atoms with van der Waals surface area (Å²) in [5, 5.41) is 19.1. The maximum atomic E-state index is 15.0. The van der Waals surface area contributed by atoms with E-state index < -0.39 is 131 Å². The molecule has 9 N–H and O–H groups in total. The maximum Gasteiger partial charge on any atom is 0.308 e. The summed E-state index contributed by atoms with van der Waals surface area (Å²) < 4.78 is 23.7. The molecule has 1 heterocycles. The Morgan fingerprint density at radius 3 is 1.52 bits per heavy atom. The van der Waals surface area contributed by atoms with Gasteiger partial charge in [-0.2, -0.15) is 0 Å². The van der Waals surface area contributed by atoms with Gasteiger partial charge in [0.15, 0.2) is 0 Å². The minimum absolute atomic E-state index is 0.0438. The molecule has 85 heavy (non-hydrogen) atoms. The van der Waals surface area contributed by atoms with E-state index in [2.05, 4.69) is 37.2 Å². The van der Waals surface area contributed by atoms with Crippen LogP contribution in [-0.4, -0.2) is 148 Å². The SMILES string of the molecule is CC[C@@H](C)NC(=O)C(NC(=O)CNC(=O)[C@H](Cc1ccc(OC(C)(C)C)cc1)NC(=O)[C@H](Cc1ccc(OC(C)(C)C)cc1)NC(=O)[C@H](CC(=O)OC(C)(C)C)NC(=O)[C@H](CC)NC(=O)[C@@H]1CCCN1C(=O)[C@@H](N)CC(C)C)[C@@H](C)OC(C)(C)C. The molecular formula is C63H101N9O13. The van der Waals surface area contributed by atoms with E-state index in [1.165, 1.54) is 4.90 Å². The first-order valence-electron chi connectivity index (χ1n) is 29.9. The normalized spacial score (nSPS) is 16.7. The van der Waals surface area contributed by atoms with Gasteiger partial charge in [-0.1, -0.05) is 52.0 Å². The van der Waals surface area contributed by atoms with Gasteiger partial charge in [0.25, 0.3) is 0 Å². The third-order valence-corrected chi connectivity index (χ3v) is 13.2. The molecule has 1 unspecified atom stereocenters. The number of rotatable bonds is 29. The summed E-state index contributed by atoms with van der Waals surface area (Å²) in [7, 11) is 0. The van der Waals surface area contributed by atoms with Gasteiger partial charge in [0.05, 0.1) is 30.7 Å². The fourth-order valence-corrected chi connectivity index (χ4v) is 9.28. The average molecular weight is 1190 g/mol. The maximum absolute atomic E-state index is 15.0. The topological polar surface area (TPSA) is 304 Å². The number of hydrogen-bond acceptors (Lipinski definition) is 14. The van der Waals surface area contributed by atoms with Crippen LogP contribution < -0.4 is 52.4 Å². The van der Waals surface area contributed by atoms with Gasteiger partial charge in [-0.25, -0.2) is 0 Å². The number of amides is 8. The number of likely N-dealkylation sites (tertiary alicyclic amines) is 1. The summed E-state index contributed by atoms with van der Waals surface area (Å²) in [5.41, 5.74) is 4.62. The van der Waals surface area contributed by atoms with Crippen molar-refractivity contribution < 1.29 is 62.1 Å². The van der Waals surface area contributed by atoms with E-state index in [9.17, 15) is 43.2 Å². The predicted molar refractivity (Wildman–Crippen MR) is 325 cm³/mol. The van der Waals surface area contributed by atoms with Gasteiger partial charge >= 0.3 is 5.97 Å². The smallest absolute Gasteiger partial charge is 0.308 e. The zero-order valence-electron chi connectivity index (χ0n) is 53.8.